The number of piperidine rings is 1. The van der Waals surface area contributed by atoms with E-state index < -0.39 is 10.0 Å². The maximum atomic E-state index is 12.6. The molecule has 1 aromatic carbocycles. The number of benzene rings is 1. The van der Waals surface area contributed by atoms with E-state index in [1.165, 1.54) is 25.7 Å². The van der Waals surface area contributed by atoms with Crippen LogP contribution in [-0.2, 0) is 10.0 Å². The number of hydrogen-bond donors (Lipinski definition) is 1. The minimum atomic E-state index is -3.43. The SMILES string of the molecule is CC[C@@H]1CCCCN1CCCNS(=O)(=O)c1c(C)cc(C)cc1C. The average molecular weight is 353 g/mol. The summed E-state index contributed by atoms with van der Waals surface area (Å²) in [4.78, 5) is 2.97. The molecule has 0 radical (unpaired) electrons. The third-order valence-electron chi connectivity index (χ3n) is 5.01. The van der Waals surface area contributed by atoms with Crippen molar-refractivity contribution in [3.05, 3.63) is 28.8 Å². The number of aryl methyl sites for hydroxylation is 3. The van der Waals surface area contributed by atoms with Gasteiger partial charge in [0.15, 0.2) is 0 Å². The van der Waals surface area contributed by atoms with Crippen LogP contribution in [0.2, 0.25) is 0 Å². The average Bonchev–Trinajstić information content (AvgIpc) is 2.50. The fourth-order valence-electron chi connectivity index (χ4n) is 3.97. The van der Waals surface area contributed by atoms with Gasteiger partial charge in [0, 0.05) is 12.6 Å². The zero-order valence-corrected chi connectivity index (χ0v) is 16.4. The molecule has 0 saturated carbocycles. The lowest BCUT2D eigenvalue weighted by molar-refractivity contribution is 0.143. The lowest BCUT2D eigenvalue weighted by Crippen LogP contribution is -2.40. The second kappa shape index (κ2) is 8.45. The second-order valence-electron chi connectivity index (χ2n) is 7.07. The summed E-state index contributed by atoms with van der Waals surface area (Å²) in [6.45, 7) is 10.6. The van der Waals surface area contributed by atoms with Crippen LogP contribution in [0.3, 0.4) is 0 Å². The summed E-state index contributed by atoms with van der Waals surface area (Å²) in [7, 11) is -3.43. The van der Waals surface area contributed by atoms with E-state index in [4.69, 9.17) is 0 Å². The molecule has 5 heteroatoms. The Hall–Kier alpha value is -0.910. The van der Waals surface area contributed by atoms with Gasteiger partial charge in [-0.3, -0.25) is 0 Å². The van der Waals surface area contributed by atoms with Crippen LogP contribution in [0.5, 0.6) is 0 Å². The van der Waals surface area contributed by atoms with Crippen molar-refractivity contribution in [1.29, 1.82) is 0 Å². The number of nitrogens with zero attached hydrogens (tertiary/aromatic N) is 1. The van der Waals surface area contributed by atoms with Crippen LogP contribution in [0, 0.1) is 20.8 Å². The first kappa shape index (κ1) is 19.4. The molecule has 0 spiro atoms. The number of hydrogen-bond acceptors (Lipinski definition) is 3. The number of rotatable bonds is 7. The molecule has 0 amide bonds. The molecule has 1 aliphatic rings. The fraction of sp³-hybridized carbons (Fsp3) is 0.684. The maximum Gasteiger partial charge on any atom is 0.241 e. The van der Waals surface area contributed by atoms with Gasteiger partial charge in [-0.1, -0.05) is 31.0 Å². The minimum Gasteiger partial charge on any atom is -0.300 e. The highest BCUT2D eigenvalue weighted by Gasteiger charge is 2.21. The molecule has 0 aromatic heterocycles. The molecular formula is C19H32N2O2S. The van der Waals surface area contributed by atoms with Crippen molar-refractivity contribution in [2.24, 2.45) is 0 Å². The summed E-state index contributed by atoms with van der Waals surface area (Å²) in [5, 5.41) is 0. The van der Waals surface area contributed by atoms with Crippen molar-refractivity contribution in [3.63, 3.8) is 0 Å². The Bertz CT molecular complexity index is 632. The molecule has 1 aromatic rings. The van der Waals surface area contributed by atoms with E-state index >= 15 is 0 Å². The van der Waals surface area contributed by atoms with Crippen LogP contribution in [0.15, 0.2) is 17.0 Å². The number of sulfonamides is 1. The summed E-state index contributed by atoms with van der Waals surface area (Å²) in [6, 6.07) is 4.54. The van der Waals surface area contributed by atoms with E-state index in [9.17, 15) is 8.42 Å². The first-order chi connectivity index (χ1) is 11.3. The summed E-state index contributed by atoms with van der Waals surface area (Å²) < 4.78 is 28.1. The lowest BCUT2D eigenvalue weighted by atomic mass is 10.00. The quantitative estimate of drug-likeness (QED) is 0.764. The Morgan fingerprint density at radius 1 is 1.17 bits per heavy atom. The predicted molar refractivity (Wildman–Crippen MR) is 100.0 cm³/mol. The normalized spacial score (nSPS) is 19.6. The molecule has 1 fully saturated rings. The van der Waals surface area contributed by atoms with Gasteiger partial charge in [0.25, 0.3) is 0 Å². The number of likely N-dealkylation sites (tertiary alicyclic amines) is 1. The van der Waals surface area contributed by atoms with Gasteiger partial charge in [-0.25, -0.2) is 13.1 Å². The summed E-state index contributed by atoms with van der Waals surface area (Å²) in [5.74, 6) is 0. The van der Waals surface area contributed by atoms with Gasteiger partial charge in [-0.15, -0.1) is 0 Å². The predicted octanol–water partition coefficient (Wildman–Crippen LogP) is 3.54. The van der Waals surface area contributed by atoms with E-state index in [0.717, 1.165) is 36.2 Å². The monoisotopic (exact) mass is 352 g/mol. The van der Waals surface area contributed by atoms with Gasteiger partial charge in [0.2, 0.25) is 10.0 Å². The van der Waals surface area contributed by atoms with Crippen molar-refractivity contribution in [2.45, 2.75) is 70.7 Å². The molecule has 24 heavy (non-hydrogen) atoms. The molecule has 136 valence electrons. The summed E-state index contributed by atoms with van der Waals surface area (Å²) >= 11 is 0. The lowest BCUT2D eigenvalue weighted by Gasteiger charge is -2.35. The molecule has 0 unspecified atom stereocenters. The van der Waals surface area contributed by atoms with Gasteiger partial charge < -0.3 is 4.90 Å². The molecule has 0 aliphatic carbocycles. The van der Waals surface area contributed by atoms with E-state index in [2.05, 4.69) is 16.5 Å². The van der Waals surface area contributed by atoms with Gasteiger partial charge >= 0.3 is 0 Å². The zero-order chi connectivity index (χ0) is 17.7. The summed E-state index contributed by atoms with van der Waals surface area (Å²) in [6.07, 6.45) is 5.93. The van der Waals surface area contributed by atoms with Crippen molar-refractivity contribution in [1.82, 2.24) is 9.62 Å². The number of nitrogens with one attached hydrogen (secondary N) is 1. The Morgan fingerprint density at radius 3 is 2.46 bits per heavy atom. The molecule has 1 saturated heterocycles. The van der Waals surface area contributed by atoms with E-state index in [0.29, 0.717) is 17.5 Å². The van der Waals surface area contributed by atoms with Gasteiger partial charge in [-0.05, 0) is 70.7 Å². The van der Waals surface area contributed by atoms with Crippen molar-refractivity contribution in [2.75, 3.05) is 19.6 Å². The highest BCUT2D eigenvalue weighted by Crippen LogP contribution is 2.22. The largest absolute Gasteiger partial charge is 0.300 e. The van der Waals surface area contributed by atoms with Crippen molar-refractivity contribution >= 4 is 10.0 Å². The fourth-order valence-corrected chi connectivity index (χ4v) is 5.49. The van der Waals surface area contributed by atoms with E-state index in [-0.39, 0.29) is 0 Å². The molecule has 1 atom stereocenters. The standard InChI is InChI=1S/C19H32N2O2S/c1-5-18-9-6-7-11-21(18)12-8-10-20-24(22,23)19-16(3)13-15(2)14-17(19)4/h13-14,18,20H,5-12H2,1-4H3/t18-/m1/s1. The Balaban J connectivity index is 1.92. The molecule has 2 rings (SSSR count). The van der Waals surface area contributed by atoms with E-state index in [1.807, 2.05) is 32.9 Å². The van der Waals surface area contributed by atoms with Crippen LogP contribution >= 0.6 is 0 Å². The molecule has 0 bridgehead atoms. The van der Waals surface area contributed by atoms with Crippen molar-refractivity contribution < 1.29 is 8.42 Å². The third kappa shape index (κ3) is 4.80. The molecular weight excluding hydrogens is 320 g/mol. The topological polar surface area (TPSA) is 49.4 Å². The maximum absolute atomic E-state index is 12.6. The third-order valence-corrected chi connectivity index (χ3v) is 6.77. The molecule has 4 nitrogen and oxygen atoms in total. The first-order valence-corrected chi connectivity index (χ1v) is 10.6. The van der Waals surface area contributed by atoms with Gasteiger partial charge in [0.05, 0.1) is 4.90 Å². The van der Waals surface area contributed by atoms with Gasteiger partial charge in [0.1, 0.15) is 0 Å². The van der Waals surface area contributed by atoms with Crippen LogP contribution in [0.4, 0.5) is 0 Å². The molecule has 1 heterocycles. The first-order valence-electron chi connectivity index (χ1n) is 9.16. The second-order valence-corrected chi connectivity index (χ2v) is 8.78. The van der Waals surface area contributed by atoms with Gasteiger partial charge in [-0.2, -0.15) is 0 Å². The Kier molecular flexibility index (Phi) is 6.84. The van der Waals surface area contributed by atoms with Crippen molar-refractivity contribution in [3.8, 4) is 0 Å². The Labute approximate surface area is 147 Å². The zero-order valence-electron chi connectivity index (χ0n) is 15.6. The highest BCUT2D eigenvalue weighted by molar-refractivity contribution is 7.89. The van der Waals surface area contributed by atoms with Crippen LogP contribution in [-0.4, -0.2) is 39.0 Å². The van der Waals surface area contributed by atoms with Crippen LogP contribution in [0.25, 0.3) is 0 Å². The smallest absolute Gasteiger partial charge is 0.241 e. The molecule has 1 aliphatic heterocycles. The highest BCUT2D eigenvalue weighted by atomic mass is 32.2. The van der Waals surface area contributed by atoms with Crippen LogP contribution < -0.4 is 4.72 Å². The summed E-state index contributed by atoms with van der Waals surface area (Å²) in [5.41, 5.74) is 2.74. The minimum absolute atomic E-state index is 0.442. The Morgan fingerprint density at radius 2 is 1.83 bits per heavy atom. The van der Waals surface area contributed by atoms with E-state index in [1.54, 1.807) is 0 Å². The molecule has 1 N–H and O–H groups in total. The van der Waals surface area contributed by atoms with Crippen LogP contribution in [0.1, 0.15) is 55.7 Å².